The molecule has 0 saturated heterocycles. The van der Waals surface area contributed by atoms with Gasteiger partial charge in [-0.2, -0.15) is 5.26 Å². The van der Waals surface area contributed by atoms with Crippen LogP contribution in [0.2, 0.25) is 0 Å². The van der Waals surface area contributed by atoms with Crippen LogP contribution in [0.25, 0.3) is 0 Å². The summed E-state index contributed by atoms with van der Waals surface area (Å²) >= 11 is 0. The van der Waals surface area contributed by atoms with E-state index in [1.807, 2.05) is 18.2 Å². The first kappa shape index (κ1) is 11.8. The zero-order valence-electron chi connectivity index (χ0n) is 9.83. The Bertz CT molecular complexity index is 327. The van der Waals surface area contributed by atoms with Gasteiger partial charge in [-0.3, -0.25) is 0 Å². The molecule has 1 atom stereocenters. The minimum Gasteiger partial charge on any atom is -0.198 e. The van der Waals surface area contributed by atoms with E-state index in [9.17, 15) is 0 Å². The molecule has 0 heterocycles. The average molecular weight is 201 g/mol. The average Bonchev–Trinajstić information content (AvgIpc) is 2.18. The van der Waals surface area contributed by atoms with Crippen molar-refractivity contribution in [1.82, 2.24) is 0 Å². The van der Waals surface area contributed by atoms with E-state index in [1.165, 1.54) is 5.56 Å². The first-order valence-corrected chi connectivity index (χ1v) is 5.47. The van der Waals surface area contributed by atoms with E-state index in [4.69, 9.17) is 5.26 Å². The van der Waals surface area contributed by atoms with Crippen molar-refractivity contribution in [2.45, 2.75) is 33.6 Å². The minimum absolute atomic E-state index is 0.0868. The van der Waals surface area contributed by atoms with Crippen LogP contribution in [0.15, 0.2) is 30.3 Å². The molecule has 0 amide bonds. The lowest BCUT2D eigenvalue weighted by Gasteiger charge is -2.24. The van der Waals surface area contributed by atoms with Gasteiger partial charge < -0.3 is 0 Å². The number of rotatable bonds is 3. The topological polar surface area (TPSA) is 23.8 Å². The molecule has 0 aliphatic carbocycles. The fourth-order valence-electron chi connectivity index (χ4n) is 1.65. The maximum atomic E-state index is 9.09. The number of hydrogen-bond acceptors (Lipinski definition) is 1. The number of benzene rings is 1. The van der Waals surface area contributed by atoms with Gasteiger partial charge in [-0.25, -0.2) is 0 Å². The normalized spacial score (nSPS) is 13.2. The minimum atomic E-state index is 0.0868. The summed E-state index contributed by atoms with van der Waals surface area (Å²) in [6, 6.07) is 12.8. The number of hydrogen-bond donors (Lipinski definition) is 0. The molecule has 0 aromatic heterocycles. The fourth-order valence-corrected chi connectivity index (χ4v) is 1.65. The molecule has 0 fully saturated rings. The second-order valence-corrected chi connectivity index (χ2v) is 5.07. The maximum absolute atomic E-state index is 9.09. The van der Waals surface area contributed by atoms with Crippen molar-refractivity contribution in [1.29, 1.82) is 5.26 Å². The molecule has 0 aliphatic rings. The molecule has 15 heavy (non-hydrogen) atoms. The molecule has 0 aliphatic heterocycles. The molecule has 80 valence electrons. The summed E-state index contributed by atoms with van der Waals surface area (Å²) in [6.45, 7) is 6.39. The highest BCUT2D eigenvalue weighted by Gasteiger charge is 2.23. The Kier molecular flexibility index (Phi) is 3.91. The zero-order valence-corrected chi connectivity index (χ0v) is 9.83. The molecule has 1 aromatic rings. The van der Waals surface area contributed by atoms with E-state index in [0.29, 0.717) is 0 Å². The molecule has 0 radical (unpaired) electrons. The van der Waals surface area contributed by atoms with Gasteiger partial charge in [-0.05, 0) is 23.8 Å². The highest BCUT2D eigenvalue weighted by Crippen LogP contribution is 2.29. The van der Waals surface area contributed by atoms with Crippen LogP contribution in [-0.4, -0.2) is 0 Å². The summed E-state index contributed by atoms with van der Waals surface area (Å²) in [5.74, 6) is 0.137. The highest BCUT2D eigenvalue weighted by atomic mass is 14.3. The first-order chi connectivity index (χ1) is 7.04. The molecule has 0 N–H and O–H groups in total. The summed E-state index contributed by atoms with van der Waals surface area (Å²) in [5.41, 5.74) is 1.41. The van der Waals surface area contributed by atoms with Crippen molar-refractivity contribution in [2.24, 2.45) is 11.3 Å². The Labute approximate surface area is 92.7 Å². The van der Waals surface area contributed by atoms with Crippen molar-refractivity contribution >= 4 is 0 Å². The lowest BCUT2D eigenvalue weighted by atomic mass is 9.78. The van der Waals surface area contributed by atoms with Crippen molar-refractivity contribution < 1.29 is 0 Å². The van der Waals surface area contributed by atoms with Gasteiger partial charge in [0, 0.05) is 0 Å². The molecule has 0 spiro atoms. The molecule has 0 saturated carbocycles. The third-order valence-electron chi connectivity index (χ3n) is 2.77. The Balaban J connectivity index is 2.54. The molecule has 1 rings (SSSR count). The lowest BCUT2D eigenvalue weighted by molar-refractivity contribution is 0.286. The van der Waals surface area contributed by atoms with E-state index in [2.05, 4.69) is 39.0 Å². The van der Waals surface area contributed by atoms with Gasteiger partial charge in [0.1, 0.15) is 0 Å². The smallest absolute Gasteiger partial charge is 0.0661 e. The quantitative estimate of drug-likeness (QED) is 0.729. The monoisotopic (exact) mass is 201 g/mol. The Morgan fingerprint density at radius 1 is 1.20 bits per heavy atom. The maximum Gasteiger partial charge on any atom is 0.0661 e. The van der Waals surface area contributed by atoms with Crippen LogP contribution in [-0.2, 0) is 6.42 Å². The summed E-state index contributed by atoms with van der Waals surface area (Å²) in [5, 5.41) is 9.09. The van der Waals surface area contributed by atoms with Gasteiger partial charge in [0.2, 0.25) is 0 Å². The van der Waals surface area contributed by atoms with Crippen LogP contribution in [0.3, 0.4) is 0 Å². The third-order valence-corrected chi connectivity index (χ3v) is 2.77. The van der Waals surface area contributed by atoms with E-state index >= 15 is 0 Å². The van der Waals surface area contributed by atoms with Crippen LogP contribution in [0.4, 0.5) is 0 Å². The van der Waals surface area contributed by atoms with Gasteiger partial charge in [0.25, 0.3) is 0 Å². The predicted molar refractivity (Wildman–Crippen MR) is 63.3 cm³/mol. The summed E-state index contributed by atoms with van der Waals surface area (Å²) in [4.78, 5) is 0. The largest absolute Gasteiger partial charge is 0.198 e. The Hall–Kier alpha value is -1.29. The van der Waals surface area contributed by atoms with Gasteiger partial charge in [0.15, 0.2) is 0 Å². The Morgan fingerprint density at radius 2 is 1.80 bits per heavy atom. The van der Waals surface area contributed by atoms with Crippen molar-refractivity contribution in [3.8, 4) is 6.07 Å². The van der Waals surface area contributed by atoms with Crippen molar-refractivity contribution in [2.75, 3.05) is 0 Å². The van der Waals surface area contributed by atoms with Crippen LogP contribution < -0.4 is 0 Å². The van der Waals surface area contributed by atoms with Gasteiger partial charge in [-0.1, -0.05) is 51.1 Å². The molecule has 0 bridgehead atoms. The molecule has 1 heteroatoms. The number of nitriles is 1. The fraction of sp³-hybridized carbons (Fsp3) is 0.500. The Morgan fingerprint density at radius 3 is 2.27 bits per heavy atom. The second kappa shape index (κ2) is 4.98. The number of nitrogens with zero attached hydrogens (tertiary/aromatic N) is 1. The standard InChI is InChI=1S/C14H19N/c1-14(2,3)13(11-15)10-9-12-7-5-4-6-8-12/h4-8,13H,9-10H2,1-3H3. The second-order valence-electron chi connectivity index (χ2n) is 5.07. The highest BCUT2D eigenvalue weighted by molar-refractivity contribution is 5.15. The zero-order chi connectivity index (χ0) is 11.3. The predicted octanol–water partition coefficient (Wildman–Crippen LogP) is 3.81. The molecule has 1 unspecified atom stereocenters. The van der Waals surface area contributed by atoms with Crippen molar-refractivity contribution in [3.63, 3.8) is 0 Å². The van der Waals surface area contributed by atoms with E-state index in [1.54, 1.807) is 0 Å². The molecular formula is C14H19N. The van der Waals surface area contributed by atoms with Crippen LogP contribution in [0.1, 0.15) is 32.8 Å². The van der Waals surface area contributed by atoms with Crippen molar-refractivity contribution in [3.05, 3.63) is 35.9 Å². The molecule has 1 aromatic carbocycles. The van der Waals surface area contributed by atoms with E-state index in [0.717, 1.165) is 12.8 Å². The summed E-state index contributed by atoms with van der Waals surface area (Å²) in [6.07, 6.45) is 1.94. The van der Waals surface area contributed by atoms with E-state index in [-0.39, 0.29) is 11.3 Å². The lowest BCUT2D eigenvalue weighted by Crippen LogP contribution is -2.19. The summed E-state index contributed by atoms with van der Waals surface area (Å²) < 4.78 is 0. The van der Waals surface area contributed by atoms with Gasteiger partial charge in [0.05, 0.1) is 12.0 Å². The first-order valence-electron chi connectivity index (χ1n) is 5.47. The third kappa shape index (κ3) is 3.75. The number of aryl methyl sites for hydroxylation is 1. The van der Waals surface area contributed by atoms with E-state index < -0.39 is 0 Å². The van der Waals surface area contributed by atoms with Gasteiger partial charge >= 0.3 is 0 Å². The molecule has 1 nitrogen and oxygen atoms in total. The molecular weight excluding hydrogens is 182 g/mol. The van der Waals surface area contributed by atoms with Crippen LogP contribution in [0.5, 0.6) is 0 Å². The van der Waals surface area contributed by atoms with Gasteiger partial charge in [-0.15, -0.1) is 0 Å². The van der Waals surface area contributed by atoms with Crippen LogP contribution in [0, 0.1) is 22.7 Å². The summed E-state index contributed by atoms with van der Waals surface area (Å²) in [7, 11) is 0. The SMILES string of the molecule is CC(C)(C)C(C#N)CCc1ccccc1. The van der Waals surface area contributed by atoms with Crippen LogP contribution >= 0.6 is 0 Å².